The lowest BCUT2D eigenvalue weighted by atomic mass is 9.88. The smallest absolute Gasteiger partial charge is 0.326 e. The van der Waals surface area contributed by atoms with Crippen LogP contribution in [0.5, 0.6) is 0 Å². The minimum atomic E-state index is -1.21. The first-order valence-corrected chi connectivity index (χ1v) is 10.1. The Morgan fingerprint density at radius 1 is 0.938 bits per heavy atom. The number of nitrogens with zero attached hydrogens (tertiary/aromatic N) is 2. The van der Waals surface area contributed by atoms with Crippen LogP contribution in [0.3, 0.4) is 0 Å². The highest BCUT2D eigenvalue weighted by Gasteiger charge is 2.43. The van der Waals surface area contributed by atoms with Crippen molar-refractivity contribution < 1.29 is 23.9 Å². The molecule has 0 aliphatic carbocycles. The van der Waals surface area contributed by atoms with Gasteiger partial charge in [-0.3, -0.25) is 14.5 Å². The number of carboxylic acids is 1. The summed E-state index contributed by atoms with van der Waals surface area (Å²) in [7, 11) is 0. The second-order valence-electron chi connectivity index (χ2n) is 7.57. The second kappa shape index (κ2) is 8.63. The van der Waals surface area contributed by atoms with Crippen LogP contribution in [0.2, 0.25) is 0 Å². The molecule has 0 bridgehead atoms. The Bertz CT molecular complexity index is 1160. The van der Waals surface area contributed by atoms with E-state index in [0.29, 0.717) is 16.9 Å². The average molecular weight is 432 g/mol. The lowest BCUT2D eigenvalue weighted by molar-refractivity contribution is -0.139. The van der Waals surface area contributed by atoms with Crippen molar-refractivity contribution in [1.82, 2.24) is 0 Å². The van der Waals surface area contributed by atoms with E-state index in [1.54, 1.807) is 53.4 Å². The van der Waals surface area contributed by atoms with Gasteiger partial charge in [-0.1, -0.05) is 36.4 Å². The summed E-state index contributed by atoms with van der Waals surface area (Å²) in [5.41, 5.74) is 1.90. The van der Waals surface area contributed by atoms with Gasteiger partial charge in [0.15, 0.2) is 0 Å². The van der Waals surface area contributed by atoms with Crippen LogP contribution < -0.4 is 9.80 Å². The van der Waals surface area contributed by atoms with E-state index in [2.05, 4.69) is 0 Å². The van der Waals surface area contributed by atoms with Crippen molar-refractivity contribution in [2.24, 2.45) is 0 Å². The molecular formula is C25H21FN2O4. The molecule has 6 nitrogen and oxygen atoms in total. The van der Waals surface area contributed by atoms with Gasteiger partial charge in [0.05, 0.1) is 11.7 Å². The Labute approximate surface area is 184 Å². The van der Waals surface area contributed by atoms with Gasteiger partial charge in [-0.15, -0.1) is 0 Å². The van der Waals surface area contributed by atoms with Gasteiger partial charge >= 0.3 is 5.97 Å². The molecule has 7 heteroatoms. The van der Waals surface area contributed by atoms with E-state index in [1.165, 1.54) is 24.0 Å². The highest BCUT2D eigenvalue weighted by Crippen LogP contribution is 2.42. The molecule has 2 atom stereocenters. The third-order valence-electron chi connectivity index (χ3n) is 5.59. The molecule has 1 N–H and O–H groups in total. The number of rotatable bonds is 4. The molecule has 0 saturated carbocycles. The minimum Gasteiger partial charge on any atom is -0.480 e. The van der Waals surface area contributed by atoms with Crippen molar-refractivity contribution in [3.8, 4) is 0 Å². The summed E-state index contributed by atoms with van der Waals surface area (Å²) in [6.45, 7) is 1.43. The highest BCUT2D eigenvalue weighted by atomic mass is 19.1. The van der Waals surface area contributed by atoms with Crippen LogP contribution in [-0.4, -0.2) is 28.9 Å². The molecule has 4 rings (SSSR count). The van der Waals surface area contributed by atoms with Gasteiger partial charge in [-0.2, -0.15) is 0 Å². The fourth-order valence-corrected chi connectivity index (χ4v) is 4.21. The molecule has 162 valence electrons. The summed E-state index contributed by atoms with van der Waals surface area (Å²) in [6.07, 6.45) is 0.00769. The van der Waals surface area contributed by atoms with Gasteiger partial charge in [-0.25, -0.2) is 9.18 Å². The predicted molar refractivity (Wildman–Crippen MR) is 118 cm³/mol. The van der Waals surface area contributed by atoms with Crippen LogP contribution in [0.1, 0.15) is 35.3 Å². The van der Waals surface area contributed by atoms with Crippen molar-refractivity contribution in [2.75, 3.05) is 9.80 Å². The van der Waals surface area contributed by atoms with Crippen LogP contribution >= 0.6 is 0 Å². The molecule has 1 aliphatic heterocycles. The van der Waals surface area contributed by atoms with Crippen molar-refractivity contribution in [1.29, 1.82) is 0 Å². The Morgan fingerprint density at radius 3 is 2.19 bits per heavy atom. The van der Waals surface area contributed by atoms with Crippen molar-refractivity contribution in [2.45, 2.75) is 25.4 Å². The first-order valence-electron chi connectivity index (χ1n) is 10.1. The molecular weight excluding hydrogens is 411 g/mol. The van der Waals surface area contributed by atoms with Crippen LogP contribution in [0.15, 0.2) is 78.9 Å². The third-order valence-corrected chi connectivity index (χ3v) is 5.59. The number of halogens is 1. The zero-order valence-electron chi connectivity index (χ0n) is 17.3. The standard InChI is InChI=1S/C25H21FN2O4/c1-16(29)27(19-7-3-2-4-8-19)22-15-23(25(31)32)28(21-10-6-5-9-20(21)22)24(30)17-11-13-18(26)14-12-17/h2-14,22-23H,15H2,1H3,(H,31,32)/t22-,23-/m0/s1. The summed E-state index contributed by atoms with van der Waals surface area (Å²) in [4.78, 5) is 41.1. The molecule has 1 heterocycles. The lowest BCUT2D eigenvalue weighted by Crippen LogP contribution is -2.52. The highest BCUT2D eigenvalue weighted by molar-refractivity contribution is 6.10. The van der Waals surface area contributed by atoms with Crippen molar-refractivity contribution >= 4 is 29.2 Å². The normalized spacial score (nSPS) is 17.4. The number of benzene rings is 3. The molecule has 0 spiro atoms. The summed E-state index contributed by atoms with van der Waals surface area (Å²) in [6, 6.07) is 19.2. The van der Waals surface area contributed by atoms with Gasteiger partial charge in [0.25, 0.3) is 5.91 Å². The van der Waals surface area contributed by atoms with Crippen molar-refractivity contribution in [3.05, 3.63) is 95.8 Å². The van der Waals surface area contributed by atoms with E-state index >= 15 is 0 Å². The Kier molecular flexibility index (Phi) is 5.73. The number of carboxylic acid groups (broad SMARTS) is 1. The molecule has 1 aliphatic rings. The maximum absolute atomic E-state index is 13.4. The average Bonchev–Trinajstić information content (AvgIpc) is 2.79. The number of carbonyl (C=O) groups excluding carboxylic acids is 2. The third kappa shape index (κ3) is 3.85. The molecule has 2 amide bonds. The van der Waals surface area contributed by atoms with Crippen LogP contribution in [-0.2, 0) is 9.59 Å². The van der Waals surface area contributed by atoms with Gasteiger partial charge in [-0.05, 0) is 48.0 Å². The maximum atomic E-state index is 13.4. The molecule has 0 aromatic heterocycles. The summed E-state index contributed by atoms with van der Waals surface area (Å²) >= 11 is 0. The number of carbonyl (C=O) groups is 3. The Morgan fingerprint density at radius 2 is 1.56 bits per heavy atom. The molecule has 3 aromatic rings. The van der Waals surface area contributed by atoms with Crippen LogP contribution in [0.4, 0.5) is 15.8 Å². The van der Waals surface area contributed by atoms with Gasteiger partial charge < -0.3 is 10.0 Å². The molecule has 0 radical (unpaired) electrons. The maximum Gasteiger partial charge on any atom is 0.326 e. The summed E-state index contributed by atoms with van der Waals surface area (Å²) in [5.74, 6) is -2.46. The van der Waals surface area contributed by atoms with E-state index in [4.69, 9.17) is 0 Å². The fraction of sp³-hybridized carbons (Fsp3) is 0.160. The number of anilines is 2. The Hall–Kier alpha value is -4.00. The topological polar surface area (TPSA) is 77.9 Å². The van der Waals surface area contributed by atoms with Gasteiger partial charge in [0, 0.05) is 24.6 Å². The molecule has 0 saturated heterocycles. The molecule has 3 aromatic carbocycles. The van der Waals surface area contributed by atoms with E-state index in [1.807, 2.05) is 6.07 Å². The summed E-state index contributed by atoms with van der Waals surface area (Å²) in [5, 5.41) is 10.0. The zero-order valence-corrected chi connectivity index (χ0v) is 17.3. The van der Waals surface area contributed by atoms with Crippen LogP contribution in [0, 0.1) is 5.82 Å². The monoisotopic (exact) mass is 432 g/mol. The second-order valence-corrected chi connectivity index (χ2v) is 7.57. The zero-order chi connectivity index (χ0) is 22.8. The number of fused-ring (bicyclic) bond motifs is 1. The van der Waals surface area contributed by atoms with E-state index in [-0.39, 0.29) is 17.9 Å². The first-order chi connectivity index (χ1) is 15.4. The number of hydrogen-bond acceptors (Lipinski definition) is 3. The predicted octanol–water partition coefficient (Wildman–Crippen LogP) is 4.42. The fourth-order valence-electron chi connectivity index (χ4n) is 4.21. The van der Waals surface area contributed by atoms with E-state index in [9.17, 15) is 23.9 Å². The SMILES string of the molecule is CC(=O)N(c1ccccc1)[C@H]1C[C@@H](C(=O)O)N(C(=O)c2ccc(F)cc2)c2ccccc21. The molecule has 32 heavy (non-hydrogen) atoms. The van der Waals surface area contributed by atoms with E-state index in [0.717, 1.165) is 12.1 Å². The van der Waals surface area contributed by atoms with Gasteiger partial charge in [0.2, 0.25) is 5.91 Å². The largest absolute Gasteiger partial charge is 0.480 e. The number of hydrogen-bond donors (Lipinski definition) is 1. The number of aliphatic carboxylic acids is 1. The minimum absolute atomic E-state index is 0.00769. The van der Waals surface area contributed by atoms with E-state index < -0.39 is 29.8 Å². The molecule has 0 unspecified atom stereocenters. The summed E-state index contributed by atoms with van der Waals surface area (Å²) < 4.78 is 13.4. The number of para-hydroxylation sites is 2. The van der Waals surface area contributed by atoms with Crippen molar-refractivity contribution in [3.63, 3.8) is 0 Å². The quantitative estimate of drug-likeness (QED) is 0.662. The molecule has 0 fully saturated rings. The Balaban J connectivity index is 1.85. The first kappa shape index (κ1) is 21.2. The van der Waals surface area contributed by atoms with Crippen LogP contribution in [0.25, 0.3) is 0 Å². The lowest BCUT2D eigenvalue weighted by Gasteiger charge is -2.42. The van der Waals surface area contributed by atoms with Gasteiger partial charge in [0.1, 0.15) is 11.9 Å². The number of amides is 2.